The summed E-state index contributed by atoms with van der Waals surface area (Å²) in [6.45, 7) is 9.23. The van der Waals surface area contributed by atoms with Gasteiger partial charge in [-0.15, -0.1) is 0 Å². The minimum Gasteiger partial charge on any atom is -0.391 e. The van der Waals surface area contributed by atoms with Crippen LogP contribution >= 0.6 is 7.60 Å². The lowest BCUT2D eigenvalue weighted by Crippen LogP contribution is -2.44. The second kappa shape index (κ2) is 6.75. The molecule has 2 radical (unpaired) electrons. The summed E-state index contributed by atoms with van der Waals surface area (Å²) in [6, 6.07) is 0. The molecule has 5 atom stereocenters. The molecule has 0 aromatic carbocycles. The summed E-state index contributed by atoms with van der Waals surface area (Å²) in [5.41, 5.74) is 0. The molecule has 0 saturated heterocycles. The maximum Gasteiger partial charge on any atom is 0.328 e. The van der Waals surface area contributed by atoms with E-state index >= 15 is 0 Å². The second-order valence-corrected chi connectivity index (χ2v) is 8.10. The molecule has 1 aliphatic rings. The summed E-state index contributed by atoms with van der Waals surface area (Å²) < 4.78 is 23.3. The molecular weight excluding hydrogens is 262 g/mol. The van der Waals surface area contributed by atoms with Crippen LogP contribution in [0.3, 0.4) is 0 Å². The van der Waals surface area contributed by atoms with Gasteiger partial charge in [-0.3, -0.25) is 4.57 Å². The Balaban J connectivity index is 2.82. The maximum absolute atomic E-state index is 12.3. The third-order valence-electron chi connectivity index (χ3n) is 3.60. The zero-order valence-corrected chi connectivity index (χ0v) is 13.5. The molecule has 110 valence electrons. The largest absolute Gasteiger partial charge is 0.391 e. The van der Waals surface area contributed by atoms with Gasteiger partial charge in [0.25, 0.3) is 0 Å². The van der Waals surface area contributed by atoms with Crippen LogP contribution in [0.5, 0.6) is 0 Å². The van der Waals surface area contributed by atoms with Gasteiger partial charge in [-0.2, -0.15) is 0 Å². The third kappa shape index (κ3) is 4.89. The van der Waals surface area contributed by atoms with E-state index in [1.54, 1.807) is 0 Å². The first kappa shape index (κ1) is 17.2. The van der Waals surface area contributed by atoms with Crippen molar-refractivity contribution in [2.24, 2.45) is 11.8 Å². The van der Waals surface area contributed by atoms with E-state index in [4.69, 9.17) is 16.9 Å². The third-order valence-corrected chi connectivity index (χ3v) is 5.03. The zero-order chi connectivity index (χ0) is 14.8. The van der Waals surface area contributed by atoms with Crippen LogP contribution in [0.4, 0.5) is 0 Å². The van der Waals surface area contributed by atoms with Crippen LogP contribution in [0.2, 0.25) is 5.82 Å². The van der Waals surface area contributed by atoms with Crippen LogP contribution in [0.25, 0.3) is 0 Å². The zero-order valence-electron chi connectivity index (χ0n) is 12.6. The SMILES string of the molecule is [B]C1CCC(C(C)C)C(OP(C)(=O)OC(C)C)C1O. The Morgan fingerprint density at radius 3 is 2.32 bits per heavy atom. The summed E-state index contributed by atoms with van der Waals surface area (Å²) in [5.74, 6) is 0.170. The van der Waals surface area contributed by atoms with E-state index in [2.05, 4.69) is 13.8 Å². The molecule has 0 spiro atoms. The quantitative estimate of drug-likeness (QED) is 0.624. The maximum atomic E-state index is 12.3. The van der Waals surface area contributed by atoms with E-state index in [1.807, 2.05) is 13.8 Å². The van der Waals surface area contributed by atoms with Crippen molar-refractivity contribution in [3.63, 3.8) is 0 Å². The van der Waals surface area contributed by atoms with Gasteiger partial charge in [0.2, 0.25) is 0 Å². The standard InChI is InChI=1S/C13H26BO4P/c1-8(2)10-6-7-11(14)12(15)13(10)18-19(5,16)17-9(3)4/h8-13,15H,6-7H2,1-5H3. The Hall–Kier alpha value is 0.175. The molecule has 1 fully saturated rings. The number of rotatable bonds is 5. The number of hydrogen-bond donors (Lipinski definition) is 1. The van der Waals surface area contributed by atoms with Gasteiger partial charge in [0, 0.05) is 6.66 Å². The van der Waals surface area contributed by atoms with Crippen molar-refractivity contribution in [1.29, 1.82) is 0 Å². The Bertz CT molecular complexity index is 335. The number of hydrogen-bond acceptors (Lipinski definition) is 4. The minimum absolute atomic E-state index is 0.152. The Labute approximate surface area is 118 Å². The minimum atomic E-state index is -3.17. The van der Waals surface area contributed by atoms with Crippen molar-refractivity contribution in [3.05, 3.63) is 0 Å². The first-order valence-corrected chi connectivity index (χ1v) is 9.01. The summed E-state index contributed by atoms with van der Waals surface area (Å²) in [4.78, 5) is 0. The van der Waals surface area contributed by atoms with Crippen molar-refractivity contribution in [1.82, 2.24) is 0 Å². The van der Waals surface area contributed by atoms with Crippen LogP contribution in [0.15, 0.2) is 0 Å². The lowest BCUT2D eigenvalue weighted by molar-refractivity contribution is -0.0492. The topological polar surface area (TPSA) is 55.8 Å². The van der Waals surface area contributed by atoms with Gasteiger partial charge in [0.15, 0.2) is 0 Å². The van der Waals surface area contributed by atoms with E-state index in [0.717, 1.165) is 12.8 Å². The van der Waals surface area contributed by atoms with Crippen molar-refractivity contribution in [2.45, 2.75) is 64.7 Å². The van der Waals surface area contributed by atoms with E-state index in [9.17, 15) is 9.67 Å². The predicted octanol–water partition coefficient (Wildman–Crippen LogP) is 3.00. The molecule has 6 heteroatoms. The van der Waals surface area contributed by atoms with Gasteiger partial charge in [0.05, 0.1) is 26.2 Å². The van der Waals surface area contributed by atoms with Gasteiger partial charge >= 0.3 is 7.60 Å². The fraction of sp³-hybridized carbons (Fsp3) is 1.00. The first-order valence-electron chi connectivity index (χ1n) is 7.02. The fourth-order valence-corrected chi connectivity index (χ4v) is 4.24. The molecule has 0 bridgehead atoms. The fourth-order valence-electron chi connectivity index (χ4n) is 2.70. The molecule has 0 aromatic heterocycles. The summed E-state index contributed by atoms with van der Waals surface area (Å²) in [7, 11) is 2.72. The van der Waals surface area contributed by atoms with Crippen molar-refractivity contribution in [2.75, 3.05) is 6.66 Å². The molecule has 0 amide bonds. The molecular formula is C13H26BO4P. The smallest absolute Gasteiger partial charge is 0.328 e. The van der Waals surface area contributed by atoms with E-state index in [0.29, 0.717) is 5.92 Å². The van der Waals surface area contributed by atoms with Gasteiger partial charge in [-0.05, 0) is 37.9 Å². The Morgan fingerprint density at radius 2 is 1.84 bits per heavy atom. The predicted molar refractivity (Wildman–Crippen MR) is 77.7 cm³/mol. The summed E-state index contributed by atoms with van der Waals surface area (Å²) in [5, 5.41) is 10.2. The van der Waals surface area contributed by atoms with Crippen LogP contribution < -0.4 is 0 Å². The highest BCUT2D eigenvalue weighted by Gasteiger charge is 2.41. The lowest BCUT2D eigenvalue weighted by Gasteiger charge is -2.42. The average Bonchev–Trinajstić information content (AvgIpc) is 2.22. The van der Waals surface area contributed by atoms with Crippen LogP contribution in [0.1, 0.15) is 40.5 Å². The molecule has 1 saturated carbocycles. The van der Waals surface area contributed by atoms with E-state index in [1.165, 1.54) is 6.66 Å². The highest BCUT2D eigenvalue weighted by atomic mass is 31.2. The van der Waals surface area contributed by atoms with Gasteiger partial charge in [0.1, 0.15) is 0 Å². The van der Waals surface area contributed by atoms with E-state index < -0.39 is 19.8 Å². The van der Waals surface area contributed by atoms with Gasteiger partial charge < -0.3 is 14.2 Å². The number of aliphatic hydroxyl groups excluding tert-OH is 1. The van der Waals surface area contributed by atoms with Crippen LogP contribution in [-0.4, -0.2) is 37.9 Å². The molecule has 1 N–H and O–H groups in total. The Kier molecular flexibility index (Phi) is 6.12. The second-order valence-electron chi connectivity index (χ2n) is 6.14. The molecule has 5 unspecified atom stereocenters. The van der Waals surface area contributed by atoms with Crippen molar-refractivity contribution >= 4 is 15.4 Å². The van der Waals surface area contributed by atoms with Gasteiger partial charge in [-0.1, -0.05) is 20.3 Å². The average molecular weight is 288 g/mol. The van der Waals surface area contributed by atoms with Crippen molar-refractivity contribution in [3.8, 4) is 0 Å². The normalized spacial score (nSPS) is 35.6. The molecule has 19 heavy (non-hydrogen) atoms. The summed E-state index contributed by atoms with van der Waals surface area (Å²) in [6.07, 6.45) is 0.164. The first-order chi connectivity index (χ1) is 8.64. The lowest BCUT2D eigenvalue weighted by atomic mass is 9.66. The molecule has 0 aromatic rings. The highest BCUT2D eigenvalue weighted by Crippen LogP contribution is 2.51. The van der Waals surface area contributed by atoms with Crippen LogP contribution in [0, 0.1) is 11.8 Å². The highest BCUT2D eigenvalue weighted by molar-refractivity contribution is 7.53. The molecule has 0 heterocycles. The van der Waals surface area contributed by atoms with E-state index in [-0.39, 0.29) is 17.8 Å². The molecule has 1 aliphatic carbocycles. The molecule has 4 nitrogen and oxygen atoms in total. The van der Waals surface area contributed by atoms with Crippen LogP contribution in [-0.2, 0) is 13.6 Å². The van der Waals surface area contributed by atoms with Crippen molar-refractivity contribution < 1.29 is 18.7 Å². The van der Waals surface area contributed by atoms with Gasteiger partial charge in [-0.25, -0.2) is 0 Å². The summed E-state index contributed by atoms with van der Waals surface area (Å²) >= 11 is 0. The molecule has 0 aliphatic heterocycles. The monoisotopic (exact) mass is 288 g/mol. The Morgan fingerprint density at radius 1 is 1.26 bits per heavy atom. The molecule has 1 rings (SSSR count). The number of aliphatic hydroxyl groups is 1.